The number of benzene rings is 2. The van der Waals surface area contributed by atoms with Gasteiger partial charge in [-0.05, 0) is 47.7 Å². The fraction of sp³-hybridized carbons (Fsp3) is 0.318. The Hall–Kier alpha value is -2.66. The van der Waals surface area contributed by atoms with Crippen molar-refractivity contribution < 1.29 is 9.59 Å². The summed E-state index contributed by atoms with van der Waals surface area (Å²) in [6.07, 6.45) is 0.108. The van der Waals surface area contributed by atoms with Crippen molar-refractivity contribution in [1.82, 2.24) is 10.7 Å². The van der Waals surface area contributed by atoms with Gasteiger partial charge in [0.15, 0.2) is 0 Å². The van der Waals surface area contributed by atoms with E-state index in [-0.39, 0.29) is 23.7 Å². The molecule has 0 unspecified atom stereocenters. The normalized spacial score (nSPS) is 11.8. The molecule has 0 atom stereocenters. The van der Waals surface area contributed by atoms with Crippen molar-refractivity contribution >= 4 is 29.1 Å². The van der Waals surface area contributed by atoms with Gasteiger partial charge in [0, 0.05) is 22.8 Å². The molecule has 2 amide bonds. The van der Waals surface area contributed by atoms with Gasteiger partial charge in [-0.25, -0.2) is 5.43 Å². The van der Waals surface area contributed by atoms with E-state index >= 15 is 0 Å². The van der Waals surface area contributed by atoms with Gasteiger partial charge in [0.05, 0.1) is 6.42 Å². The van der Waals surface area contributed by atoms with Gasteiger partial charge >= 0.3 is 0 Å². The minimum atomic E-state index is -0.304. The maximum atomic E-state index is 12.2. The molecular weight excluding hydrogens is 374 g/mol. The first-order valence-electron chi connectivity index (χ1n) is 9.10. The number of carbonyl (C=O) groups is 2. The molecule has 0 radical (unpaired) electrons. The van der Waals surface area contributed by atoms with Gasteiger partial charge in [0.25, 0.3) is 5.91 Å². The highest BCUT2D eigenvalue weighted by molar-refractivity contribution is 6.30. The Labute approximate surface area is 171 Å². The summed E-state index contributed by atoms with van der Waals surface area (Å²) in [5.74, 6) is -0.471. The van der Waals surface area contributed by atoms with Crippen LogP contribution in [-0.2, 0) is 16.8 Å². The molecule has 2 aromatic carbocycles. The fourth-order valence-corrected chi connectivity index (χ4v) is 2.60. The third-order valence-electron chi connectivity index (χ3n) is 4.18. The monoisotopic (exact) mass is 399 g/mol. The maximum absolute atomic E-state index is 12.2. The zero-order valence-electron chi connectivity index (χ0n) is 16.7. The van der Waals surface area contributed by atoms with Crippen molar-refractivity contribution in [3.05, 3.63) is 70.2 Å². The number of halogens is 1. The lowest BCUT2D eigenvalue weighted by Crippen LogP contribution is -2.26. The molecule has 0 bridgehead atoms. The first-order valence-corrected chi connectivity index (χ1v) is 9.48. The van der Waals surface area contributed by atoms with Crippen LogP contribution in [0, 0.1) is 0 Å². The summed E-state index contributed by atoms with van der Waals surface area (Å²) in [5.41, 5.74) is 5.69. The fourth-order valence-electron chi connectivity index (χ4n) is 2.47. The van der Waals surface area contributed by atoms with E-state index in [1.807, 2.05) is 24.3 Å². The predicted molar refractivity (Wildman–Crippen MR) is 114 cm³/mol. The van der Waals surface area contributed by atoms with Crippen LogP contribution in [0.4, 0.5) is 0 Å². The van der Waals surface area contributed by atoms with Crippen LogP contribution in [0.15, 0.2) is 53.6 Å². The molecule has 0 aliphatic rings. The third kappa shape index (κ3) is 6.82. The van der Waals surface area contributed by atoms with Gasteiger partial charge < -0.3 is 5.32 Å². The quantitative estimate of drug-likeness (QED) is 0.556. The van der Waals surface area contributed by atoms with Gasteiger partial charge in [-0.2, -0.15) is 5.10 Å². The number of nitrogens with zero attached hydrogens (tertiary/aromatic N) is 1. The molecule has 2 N–H and O–H groups in total. The topological polar surface area (TPSA) is 70.6 Å². The summed E-state index contributed by atoms with van der Waals surface area (Å²) in [6, 6.07) is 14.7. The van der Waals surface area contributed by atoms with Crippen LogP contribution < -0.4 is 10.7 Å². The van der Waals surface area contributed by atoms with E-state index < -0.39 is 0 Å². The van der Waals surface area contributed by atoms with E-state index in [2.05, 4.69) is 36.6 Å². The van der Waals surface area contributed by atoms with E-state index in [1.54, 1.807) is 31.2 Å². The number of rotatable bonds is 6. The van der Waals surface area contributed by atoms with Crippen molar-refractivity contribution in [1.29, 1.82) is 0 Å². The molecule has 28 heavy (non-hydrogen) atoms. The van der Waals surface area contributed by atoms with Crippen LogP contribution in [0.25, 0.3) is 0 Å². The number of hydrogen-bond acceptors (Lipinski definition) is 3. The Balaban J connectivity index is 1.83. The average molecular weight is 400 g/mol. The molecule has 0 saturated carbocycles. The Morgan fingerprint density at radius 1 is 1.00 bits per heavy atom. The second-order valence-electron chi connectivity index (χ2n) is 7.70. The third-order valence-corrected chi connectivity index (χ3v) is 4.43. The lowest BCUT2D eigenvalue weighted by atomic mass is 9.87. The van der Waals surface area contributed by atoms with Gasteiger partial charge in [-0.3, -0.25) is 9.59 Å². The SMILES string of the molecule is C/C(CC(=O)NCc1ccc(Cl)cc1)=N/NC(=O)c1ccc(C(C)(C)C)cc1. The van der Waals surface area contributed by atoms with Crippen LogP contribution in [0.1, 0.15) is 55.6 Å². The maximum Gasteiger partial charge on any atom is 0.271 e. The van der Waals surface area contributed by atoms with E-state index in [4.69, 9.17) is 11.6 Å². The molecule has 0 aromatic heterocycles. The van der Waals surface area contributed by atoms with Gasteiger partial charge in [0.2, 0.25) is 5.91 Å². The second kappa shape index (κ2) is 9.51. The van der Waals surface area contributed by atoms with E-state index in [1.165, 1.54) is 0 Å². The highest BCUT2D eigenvalue weighted by atomic mass is 35.5. The van der Waals surface area contributed by atoms with Crippen LogP contribution in [-0.4, -0.2) is 17.5 Å². The largest absolute Gasteiger partial charge is 0.352 e. The van der Waals surface area contributed by atoms with Gasteiger partial charge in [0.1, 0.15) is 0 Å². The molecule has 2 aromatic rings. The summed E-state index contributed by atoms with van der Waals surface area (Å²) >= 11 is 5.84. The first-order chi connectivity index (χ1) is 13.1. The van der Waals surface area contributed by atoms with Crippen molar-refractivity contribution in [3.8, 4) is 0 Å². The standard InChI is InChI=1S/C22H26ClN3O2/c1-15(13-20(27)24-14-16-5-11-19(23)12-6-16)25-26-21(28)17-7-9-18(10-8-17)22(2,3)4/h5-12H,13-14H2,1-4H3,(H,24,27)(H,26,28)/b25-15-. The minimum absolute atomic E-state index is 0.0309. The predicted octanol–water partition coefficient (Wildman–Crippen LogP) is 4.45. The summed E-state index contributed by atoms with van der Waals surface area (Å²) in [6.45, 7) is 8.47. The summed E-state index contributed by atoms with van der Waals surface area (Å²) in [7, 11) is 0. The zero-order chi connectivity index (χ0) is 20.7. The Kier molecular flexibility index (Phi) is 7.35. The molecule has 0 fully saturated rings. The number of hydrogen-bond donors (Lipinski definition) is 2. The lowest BCUT2D eigenvalue weighted by Gasteiger charge is -2.18. The molecule has 0 saturated heterocycles. The average Bonchev–Trinajstić information content (AvgIpc) is 2.65. The Morgan fingerprint density at radius 3 is 2.18 bits per heavy atom. The Bertz CT molecular complexity index is 851. The highest BCUT2D eigenvalue weighted by Gasteiger charge is 2.14. The van der Waals surface area contributed by atoms with E-state index in [0.717, 1.165) is 11.1 Å². The highest BCUT2D eigenvalue weighted by Crippen LogP contribution is 2.22. The van der Waals surface area contributed by atoms with Crippen molar-refractivity contribution in [2.45, 2.75) is 46.1 Å². The lowest BCUT2D eigenvalue weighted by molar-refractivity contribution is -0.120. The molecule has 0 spiro atoms. The number of nitrogens with one attached hydrogen (secondary N) is 2. The molecule has 2 rings (SSSR count). The molecule has 0 aliphatic carbocycles. The molecule has 0 heterocycles. The number of carbonyl (C=O) groups excluding carboxylic acids is 2. The summed E-state index contributed by atoms with van der Waals surface area (Å²) < 4.78 is 0. The Morgan fingerprint density at radius 2 is 1.61 bits per heavy atom. The van der Waals surface area contributed by atoms with Crippen molar-refractivity contribution in [2.24, 2.45) is 5.10 Å². The van der Waals surface area contributed by atoms with E-state index in [9.17, 15) is 9.59 Å². The molecular formula is C22H26ClN3O2. The van der Waals surface area contributed by atoms with Crippen molar-refractivity contribution in [3.63, 3.8) is 0 Å². The van der Waals surface area contributed by atoms with Crippen LogP contribution >= 0.6 is 11.6 Å². The molecule has 0 aliphatic heterocycles. The summed E-state index contributed by atoms with van der Waals surface area (Å²) in [5, 5.41) is 7.48. The zero-order valence-corrected chi connectivity index (χ0v) is 17.4. The minimum Gasteiger partial charge on any atom is -0.352 e. The number of amides is 2. The molecule has 148 valence electrons. The van der Waals surface area contributed by atoms with Gasteiger partial charge in [-0.1, -0.05) is 56.6 Å². The first kappa shape index (κ1) is 21.6. The molecule has 5 nitrogen and oxygen atoms in total. The molecule has 6 heteroatoms. The smallest absolute Gasteiger partial charge is 0.271 e. The second-order valence-corrected chi connectivity index (χ2v) is 8.13. The number of hydrazone groups is 1. The van der Waals surface area contributed by atoms with Crippen LogP contribution in [0.5, 0.6) is 0 Å². The summed E-state index contributed by atoms with van der Waals surface area (Å²) in [4.78, 5) is 24.2. The van der Waals surface area contributed by atoms with Crippen LogP contribution in [0.2, 0.25) is 5.02 Å². The van der Waals surface area contributed by atoms with E-state index in [0.29, 0.717) is 22.8 Å². The van der Waals surface area contributed by atoms with Crippen molar-refractivity contribution in [2.75, 3.05) is 0 Å². The van der Waals surface area contributed by atoms with Crippen LogP contribution in [0.3, 0.4) is 0 Å². The van der Waals surface area contributed by atoms with Gasteiger partial charge in [-0.15, -0.1) is 0 Å².